The van der Waals surface area contributed by atoms with Crippen LogP contribution in [0.5, 0.6) is 0 Å². The third-order valence-corrected chi connectivity index (χ3v) is 4.90. The van der Waals surface area contributed by atoms with Crippen LogP contribution in [0, 0.1) is 5.82 Å². The SMILES string of the molecule is CSCc1nc2ccccc2n1CC(=O)O[C@H](C)C(=O)NCc1ccc(F)cc1. The number of para-hydroxylation sites is 2. The highest BCUT2D eigenvalue weighted by Gasteiger charge is 2.20. The summed E-state index contributed by atoms with van der Waals surface area (Å²) in [6.07, 6.45) is 1.02. The molecule has 0 aliphatic rings. The van der Waals surface area contributed by atoms with E-state index >= 15 is 0 Å². The van der Waals surface area contributed by atoms with Crippen LogP contribution in [0.4, 0.5) is 4.39 Å². The van der Waals surface area contributed by atoms with Gasteiger partial charge in [0.05, 0.1) is 16.8 Å². The summed E-state index contributed by atoms with van der Waals surface area (Å²) in [5, 5.41) is 2.68. The van der Waals surface area contributed by atoms with Gasteiger partial charge in [-0.2, -0.15) is 11.8 Å². The minimum absolute atomic E-state index is 0.0218. The monoisotopic (exact) mass is 415 g/mol. The lowest BCUT2D eigenvalue weighted by Gasteiger charge is -2.15. The number of imidazole rings is 1. The van der Waals surface area contributed by atoms with Crippen molar-refractivity contribution in [1.29, 1.82) is 0 Å². The summed E-state index contributed by atoms with van der Waals surface area (Å²) in [5.41, 5.74) is 2.42. The van der Waals surface area contributed by atoms with Crippen LogP contribution in [0.1, 0.15) is 18.3 Å². The highest BCUT2D eigenvalue weighted by Crippen LogP contribution is 2.19. The number of nitrogens with one attached hydrogen (secondary N) is 1. The molecule has 0 aliphatic carbocycles. The number of fused-ring (bicyclic) bond motifs is 1. The van der Waals surface area contributed by atoms with E-state index in [1.54, 1.807) is 23.9 Å². The summed E-state index contributed by atoms with van der Waals surface area (Å²) in [7, 11) is 0. The van der Waals surface area contributed by atoms with Crippen molar-refractivity contribution in [3.63, 3.8) is 0 Å². The van der Waals surface area contributed by atoms with E-state index in [0.717, 1.165) is 22.4 Å². The number of esters is 1. The molecule has 0 unspecified atom stereocenters. The Morgan fingerprint density at radius 1 is 1.21 bits per heavy atom. The van der Waals surface area contributed by atoms with Crippen LogP contribution < -0.4 is 5.32 Å². The van der Waals surface area contributed by atoms with Crippen molar-refractivity contribution in [2.24, 2.45) is 0 Å². The van der Waals surface area contributed by atoms with Gasteiger partial charge >= 0.3 is 5.97 Å². The highest BCUT2D eigenvalue weighted by molar-refractivity contribution is 7.97. The molecular weight excluding hydrogens is 393 g/mol. The number of thioether (sulfide) groups is 1. The summed E-state index contributed by atoms with van der Waals surface area (Å²) in [6.45, 7) is 1.73. The van der Waals surface area contributed by atoms with Gasteiger partial charge in [-0.25, -0.2) is 9.37 Å². The molecule has 1 heterocycles. The average Bonchev–Trinajstić information content (AvgIpc) is 3.04. The summed E-state index contributed by atoms with van der Waals surface area (Å²) in [6, 6.07) is 13.4. The van der Waals surface area contributed by atoms with Gasteiger partial charge in [0.2, 0.25) is 0 Å². The first kappa shape index (κ1) is 20.9. The number of hydrogen-bond acceptors (Lipinski definition) is 5. The number of halogens is 1. The standard InChI is InChI=1S/C21H22FN3O3S/c1-14(21(27)23-11-15-7-9-16(22)10-8-15)28-20(26)12-25-18-6-4-3-5-17(18)24-19(25)13-29-2/h3-10,14H,11-13H2,1-2H3,(H,23,27)/t14-/m1/s1. The Morgan fingerprint density at radius 2 is 1.93 bits per heavy atom. The van der Waals surface area contributed by atoms with Crippen molar-refractivity contribution in [3.05, 3.63) is 65.7 Å². The number of rotatable bonds is 8. The predicted octanol–water partition coefficient (Wildman–Crippen LogP) is 3.29. The Kier molecular flexibility index (Phi) is 6.87. The molecule has 8 heteroatoms. The quantitative estimate of drug-likeness (QED) is 0.572. The minimum Gasteiger partial charge on any atom is -0.451 e. The molecule has 152 valence electrons. The smallest absolute Gasteiger partial charge is 0.326 e. The molecule has 1 N–H and O–H groups in total. The van der Waals surface area contributed by atoms with E-state index in [2.05, 4.69) is 10.3 Å². The Bertz CT molecular complexity index is 1000. The molecule has 6 nitrogen and oxygen atoms in total. The lowest BCUT2D eigenvalue weighted by molar-refractivity contribution is -0.155. The Morgan fingerprint density at radius 3 is 2.66 bits per heavy atom. The third-order valence-electron chi connectivity index (χ3n) is 4.35. The van der Waals surface area contributed by atoms with Crippen LogP contribution in [-0.4, -0.2) is 33.8 Å². The van der Waals surface area contributed by atoms with Gasteiger partial charge in [-0.05, 0) is 43.0 Å². The molecule has 1 amide bonds. The normalized spacial score (nSPS) is 12.0. The Balaban J connectivity index is 1.60. The van der Waals surface area contributed by atoms with Gasteiger partial charge in [0, 0.05) is 6.54 Å². The zero-order valence-corrected chi connectivity index (χ0v) is 17.0. The second-order valence-electron chi connectivity index (χ2n) is 6.51. The predicted molar refractivity (Wildman–Crippen MR) is 111 cm³/mol. The second-order valence-corrected chi connectivity index (χ2v) is 7.38. The number of hydrogen-bond donors (Lipinski definition) is 1. The van der Waals surface area contributed by atoms with Gasteiger partial charge < -0.3 is 14.6 Å². The topological polar surface area (TPSA) is 73.2 Å². The van der Waals surface area contributed by atoms with Crippen LogP contribution in [0.15, 0.2) is 48.5 Å². The van der Waals surface area contributed by atoms with Crippen molar-refractivity contribution in [3.8, 4) is 0 Å². The minimum atomic E-state index is -0.943. The van der Waals surface area contributed by atoms with E-state index < -0.39 is 18.0 Å². The van der Waals surface area contributed by atoms with Gasteiger partial charge in [0.1, 0.15) is 18.2 Å². The largest absolute Gasteiger partial charge is 0.451 e. The number of amides is 1. The summed E-state index contributed by atoms with van der Waals surface area (Å²) in [5.74, 6) is 0.178. The van der Waals surface area contributed by atoms with Gasteiger partial charge in [-0.3, -0.25) is 9.59 Å². The fourth-order valence-corrected chi connectivity index (χ4v) is 3.37. The van der Waals surface area contributed by atoms with E-state index in [0.29, 0.717) is 5.75 Å². The van der Waals surface area contributed by atoms with E-state index in [4.69, 9.17) is 4.74 Å². The summed E-state index contributed by atoms with van der Waals surface area (Å²) in [4.78, 5) is 29.2. The molecular formula is C21H22FN3O3S. The van der Waals surface area contributed by atoms with E-state index in [-0.39, 0.29) is 18.9 Å². The molecule has 2 aromatic carbocycles. The molecule has 0 fully saturated rings. The Labute approximate surface area is 172 Å². The van der Waals surface area contributed by atoms with Gasteiger partial charge in [-0.15, -0.1) is 0 Å². The highest BCUT2D eigenvalue weighted by atomic mass is 32.2. The molecule has 3 rings (SSSR count). The van der Waals surface area contributed by atoms with Crippen LogP contribution in [0.25, 0.3) is 11.0 Å². The number of aromatic nitrogens is 2. The molecule has 1 aromatic heterocycles. The lowest BCUT2D eigenvalue weighted by atomic mass is 10.2. The van der Waals surface area contributed by atoms with Gasteiger partial charge in [-0.1, -0.05) is 24.3 Å². The fourth-order valence-electron chi connectivity index (χ4n) is 2.89. The van der Waals surface area contributed by atoms with Crippen molar-refractivity contribution < 1.29 is 18.7 Å². The molecule has 0 aliphatic heterocycles. The Hall–Kier alpha value is -2.87. The van der Waals surface area contributed by atoms with E-state index in [1.807, 2.05) is 35.1 Å². The van der Waals surface area contributed by atoms with E-state index in [9.17, 15) is 14.0 Å². The molecule has 0 bridgehead atoms. The second kappa shape index (κ2) is 9.56. The number of ether oxygens (including phenoxy) is 1. The first-order valence-corrected chi connectivity index (χ1v) is 10.5. The zero-order chi connectivity index (χ0) is 20.8. The molecule has 0 saturated carbocycles. The molecule has 0 spiro atoms. The first-order chi connectivity index (χ1) is 14.0. The third kappa shape index (κ3) is 5.35. The van der Waals surface area contributed by atoms with Crippen LogP contribution >= 0.6 is 11.8 Å². The van der Waals surface area contributed by atoms with Crippen molar-refractivity contribution in [2.45, 2.75) is 31.9 Å². The van der Waals surface area contributed by atoms with Crippen LogP contribution in [0.3, 0.4) is 0 Å². The number of carbonyl (C=O) groups is 2. The molecule has 1 atom stereocenters. The first-order valence-electron chi connectivity index (χ1n) is 9.12. The zero-order valence-electron chi connectivity index (χ0n) is 16.2. The van der Waals surface area contributed by atoms with Crippen molar-refractivity contribution in [1.82, 2.24) is 14.9 Å². The molecule has 29 heavy (non-hydrogen) atoms. The summed E-state index contributed by atoms with van der Waals surface area (Å²) < 4.78 is 20.1. The molecule has 0 radical (unpaired) electrons. The van der Waals surface area contributed by atoms with E-state index in [1.165, 1.54) is 19.1 Å². The lowest BCUT2D eigenvalue weighted by Crippen LogP contribution is -2.36. The average molecular weight is 415 g/mol. The van der Waals surface area contributed by atoms with Gasteiger partial charge in [0.25, 0.3) is 5.91 Å². The number of carbonyl (C=O) groups excluding carboxylic acids is 2. The molecule has 0 saturated heterocycles. The van der Waals surface area contributed by atoms with Gasteiger partial charge in [0.15, 0.2) is 6.10 Å². The maximum absolute atomic E-state index is 12.9. The molecule has 3 aromatic rings. The fraction of sp³-hybridized carbons (Fsp3) is 0.286. The maximum Gasteiger partial charge on any atom is 0.326 e. The summed E-state index contributed by atoms with van der Waals surface area (Å²) >= 11 is 1.61. The number of nitrogens with zero attached hydrogens (tertiary/aromatic N) is 2. The van der Waals surface area contributed by atoms with Crippen molar-refractivity contribution in [2.75, 3.05) is 6.26 Å². The maximum atomic E-state index is 12.9. The number of benzene rings is 2. The van der Waals surface area contributed by atoms with Crippen LogP contribution in [-0.2, 0) is 33.2 Å². The van der Waals surface area contributed by atoms with Crippen LogP contribution in [0.2, 0.25) is 0 Å². The van der Waals surface area contributed by atoms with Crippen molar-refractivity contribution >= 4 is 34.7 Å².